The summed E-state index contributed by atoms with van der Waals surface area (Å²) in [5.41, 5.74) is -0.328. The van der Waals surface area contributed by atoms with Crippen LogP contribution in [0.25, 0.3) is 0 Å². The molecule has 0 saturated carbocycles. The van der Waals surface area contributed by atoms with Gasteiger partial charge >= 0.3 is 0 Å². The van der Waals surface area contributed by atoms with Crippen LogP contribution in [-0.2, 0) is 4.79 Å². The molecule has 1 aromatic rings. The highest BCUT2D eigenvalue weighted by atomic mass is 16.5. The Labute approximate surface area is 138 Å². The summed E-state index contributed by atoms with van der Waals surface area (Å²) in [6.07, 6.45) is -0.528. The molecule has 1 atom stereocenters. The molecule has 0 spiro atoms. The lowest BCUT2D eigenvalue weighted by Crippen LogP contribution is -2.53. The summed E-state index contributed by atoms with van der Waals surface area (Å²) in [5, 5.41) is 10.1. The van der Waals surface area contributed by atoms with E-state index in [1.165, 1.54) is 0 Å². The number of nitrogens with zero attached hydrogens (tertiary/aromatic N) is 2. The molecule has 2 rings (SSSR count). The van der Waals surface area contributed by atoms with Crippen LogP contribution in [0.5, 0.6) is 5.75 Å². The maximum Gasteiger partial charge on any atom is 0.228 e. The molecule has 0 unspecified atom stereocenters. The van der Waals surface area contributed by atoms with Crippen LogP contribution in [0.1, 0.15) is 20.8 Å². The van der Waals surface area contributed by atoms with Crippen LogP contribution in [-0.4, -0.2) is 66.2 Å². The summed E-state index contributed by atoms with van der Waals surface area (Å²) in [4.78, 5) is 16.4. The van der Waals surface area contributed by atoms with E-state index in [1.807, 2.05) is 56.0 Å². The van der Waals surface area contributed by atoms with Crippen molar-refractivity contribution in [2.45, 2.75) is 26.9 Å². The first-order valence-corrected chi connectivity index (χ1v) is 8.24. The van der Waals surface area contributed by atoms with Crippen LogP contribution in [0.4, 0.5) is 0 Å². The van der Waals surface area contributed by atoms with Gasteiger partial charge in [-0.15, -0.1) is 0 Å². The van der Waals surface area contributed by atoms with Gasteiger partial charge in [0.05, 0.1) is 0 Å². The molecule has 0 aromatic heterocycles. The maximum atomic E-state index is 12.2. The van der Waals surface area contributed by atoms with Crippen molar-refractivity contribution in [3.05, 3.63) is 30.3 Å². The number of para-hydroxylation sites is 1. The van der Waals surface area contributed by atoms with E-state index in [0.29, 0.717) is 6.54 Å². The van der Waals surface area contributed by atoms with Crippen molar-refractivity contribution in [3.8, 4) is 5.75 Å². The second-order valence-electron chi connectivity index (χ2n) is 7.12. The molecule has 0 bridgehead atoms. The van der Waals surface area contributed by atoms with Gasteiger partial charge < -0.3 is 14.7 Å². The van der Waals surface area contributed by atoms with Gasteiger partial charge in [-0.25, -0.2) is 0 Å². The van der Waals surface area contributed by atoms with E-state index in [0.717, 1.165) is 31.9 Å². The van der Waals surface area contributed by atoms with Crippen LogP contribution < -0.4 is 4.74 Å². The number of ether oxygens (including phenoxy) is 1. The van der Waals surface area contributed by atoms with Gasteiger partial charge in [-0.2, -0.15) is 0 Å². The number of carbonyl (C=O) groups is 1. The first kappa shape index (κ1) is 17.8. The van der Waals surface area contributed by atoms with Crippen molar-refractivity contribution in [1.82, 2.24) is 9.80 Å². The number of β-amino-alcohol motifs (C(OH)–C–C–N with tert-alkyl or cyclic N) is 1. The Kier molecular flexibility index (Phi) is 6.02. The molecule has 1 heterocycles. The Bertz CT molecular complexity index is 491. The zero-order chi connectivity index (χ0) is 16.9. The van der Waals surface area contributed by atoms with Crippen molar-refractivity contribution in [1.29, 1.82) is 0 Å². The Morgan fingerprint density at radius 1 is 1.17 bits per heavy atom. The Morgan fingerprint density at radius 2 is 1.78 bits per heavy atom. The Hall–Kier alpha value is -1.59. The van der Waals surface area contributed by atoms with Crippen molar-refractivity contribution in [2.24, 2.45) is 5.41 Å². The van der Waals surface area contributed by atoms with Crippen LogP contribution in [0.2, 0.25) is 0 Å². The molecule has 5 heteroatoms. The first-order valence-electron chi connectivity index (χ1n) is 8.24. The largest absolute Gasteiger partial charge is 0.491 e. The standard InChI is InChI=1S/C18H28N2O3/c1-18(2,3)17(22)20-11-9-19(10-12-20)13-15(21)14-23-16-7-5-4-6-8-16/h4-8,15,21H,9-14H2,1-3H3/t15-/m1/s1. The lowest BCUT2D eigenvalue weighted by atomic mass is 9.94. The van der Waals surface area contributed by atoms with Gasteiger partial charge in [0.25, 0.3) is 0 Å². The second kappa shape index (κ2) is 7.79. The maximum absolute atomic E-state index is 12.2. The molecule has 5 nitrogen and oxygen atoms in total. The number of piperazine rings is 1. The van der Waals surface area contributed by atoms with Crippen molar-refractivity contribution in [2.75, 3.05) is 39.3 Å². The van der Waals surface area contributed by atoms with E-state index >= 15 is 0 Å². The third-order valence-electron chi connectivity index (χ3n) is 3.96. The van der Waals surface area contributed by atoms with E-state index in [-0.39, 0.29) is 17.9 Å². The molecule has 1 amide bonds. The monoisotopic (exact) mass is 320 g/mol. The molecule has 1 N–H and O–H groups in total. The molecular weight excluding hydrogens is 292 g/mol. The lowest BCUT2D eigenvalue weighted by molar-refractivity contribution is -0.141. The van der Waals surface area contributed by atoms with E-state index in [1.54, 1.807) is 0 Å². The van der Waals surface area contributed by atoms with Crippen molar-refractivity contribution in [3.63, 3.8) is 0 Å². The molecule has 1 aliphatic rings. The summed E-state index contributed by atoms with van der Waals surface area (Å²) < 4.78 is 5.57. The number of benzene rings is 1. The highest BCUT2D eigenvalue weighted by Crippen LogP contribution is 2.18. The Morgan fingerprint density at radius 3 is 2.35 bits per heavy atom. The molecule has 1 aliphatic heterocycles. The van der Waals surface area contributed by atoms with E-state index in [2.05, 4.69) is 4.90 Å². The van der Waals surface area contributed by atoms with Crippen molar-refractivity contribution < 1.29 is 14.6 Å². The minimum Gasteiger partial charge on any atom is -0.491 e. The van der Waals surface area contributed by atoms with Crippen molar-refractivity contribution >= 4 is 5.91 Å². The minimum atomic E-state index is -0.528. The van der Waals surface area contributed by atoms with Gasteiger partial charge in [0.15, 0.2) is 0 Å². The fourth-order valence-corrected chi connectivity index (χ4v) is 2.67. The average Bonchev–Trinajstić information content (AvgIpc) is 2.53. The lowest BCUT2D eigenvalue weighted by Gasteiger charge is -2.38. The van der Waals surface area contributed by atoms with Gasteiger partial charge in [0, 0.05) is 38.1 Å². The van der Waals surface area contributed by atoms with E-state index < -0.39 is 6.10 Å². The summed E-state index contributed by atoms with van der Waals surface area (Å²) in [5.74, 6) is 0.970. The van der Waals surface area contributed by atoms with Gasteiger partial charge in [0.1, 0.15) is 18.5 Å². The van der Waals surface area contributed by atoms with Crippen LogP contribution in [0.3, 0.4) is 0 Å². The summed E-state index contributed by atoms with van der Waals surface area (Å²) in [6.45, 7) is 9.75. The number of rotatable bonds is 5. The van der Waals surface area contributed by atoms with Gasteiger partial charge in [-0.3, -0.25) is 9.69 Å². The predicted octanol–water partition coefficient (Wildman–Crippen LogP) is 1.62. The zero-order valence-corrected chi connectivity index (χ0v) is 14.4. The number of hydrogen-bond acceptors (Lipinski definition) is 4. The molecular formula is C18H28N2O3. The topological polar surface area (TPSA) is 53.0 Å². The van der Waals surface area contributed by atoms with Gasteiger partial charge in [0.2, 0.25) is 5.91 Å². The van der Waals surface area contributed by atoms with Crippen LogP contribution in [0, 0.1) is 5.41 Å². The quantitative estimate of drug-likeness (QED) is 0.896. The molecule has 1 aromatic carbocycles. The smallest absolute Gasteiger partial charge is 0.228 e. The summed E-state index contributed by atoms with van der Waals surface area (Å²) in [7, 11) is 0. The number of aliphatic hydroxyl groups is 1. The van der Waals surface area contributed by atoms with E-state index in [4.69, 9.17) is 4.74 Å². The highest BCUT2D eigenvalue weighted by molar-refractivity contribution is 5.81. The molecule has 1 fully saturated rings. The molecule has 1 saturated heterocycles. The van der Waals surface area contributed by atoms with Crippen LogP contribution in [0.15, 0.2) is 30.3 Å². The summed E-state index contributed by atoms with van der Waals surface area (Å²) >= 11 is 0. The first-order chi connectivity index (χ1) is 10.9. The predicted molar refractivity (Wildman–Crippen MR) is 90.4 cm³/mol. The fraction of sp³-hybridized carbons (Fsp3) is 0.611. The number of carbonyl (C=O) groups excluding carboxylic acids is 1. The fourth-order valence-electron chi connectivity index (χ4n) is 2.67. The normalized spacial score (nSPS) is 17.8. The van der Waals surface area contributed by atoms with Crippen LogP contribution >= 0.6 is 0 Å². The third-order valence-corrected chi connectivity index (χ3v) is 3.96. The number of aliphatic hydroxyl groups excluding tert-OH is 1. The number of hydrogen-bond donors (Lipinski definition) is 1. The number of amides is 1. The van der Waals surface area contributed by atoms with Gasteiger partial charge in [-0.05, 0) is 12.1 Å². The minimum absolute atomic E-state index is 0.199. The average molecular weight is 320 g/mol. The second-order valence-corrected chi connectivity index (χ2v) is 7.12. The van der Waals surface area contributed by atoms with Gasteiger partial charge in [-0.1, -0.05) is 39.0 Å². The molecule has 0 aliphatic carbocycles. The molecule has 0 radical (unpaired) electrons. The SMILES string of the molecule is CC(C)(C)C(=O)N1CCN(C[C@@H](O)COc2ccccc2)CC1. The highest BCUT2D eigenvalue weighted by Gasteiger charge is 2.30. The zero-order valence-electron chi connectivity index (χ0n) is 14.4. The third kappa shape index (κ3) is 5.52. The molecule has 128 valence electrons. The van der Waals surface area contributed by atoms with E-state index in [9.17, 15) is 9.90 Å². The summed E-state index contributed by atoms with van der Waals surface area (Å²) in [6, 6.07) is 9.51. The Balaban J connectivity index is 1.70. The molecule has 23 heavy (non-hydrogen) atoms.